The van der Waals surface area contributed by atoms with Gasteiger partial charge in [-0.1, -0.05) is 45.7 Å². The van der Waals surface area contributed by atoms with Crippen molar-refractivity contribution in [2.24, 2.45) is 0 Å². The van der Waals surface area contributed by atoms with Crippen LogP contribution in [0.4, 0.5) is 4.39 Å². The summed E-state index contributed by atoms with van der Waals surface area (Å²) in [5.74, 6) is -0.394. The molecule has 1 nitrogen and oxygen atoms in total. The van der Waals surface area contributed by atoms with Crippen molar-refractivity contribution in [2.45, 2.75) is 12.3 Å². The second-order valence-corrected chi connectivity index (χ2v) is 5.69. The van der Waals surface area contributed by atoms with Gasteiger partial charge in [0.1, 0.15) is 5.82 Å². The highest BCUT2D eigenvalue weighted by Gasteiger charge is 2.13. The van der Waals surface area contributed by atoms with Gasteiger partial charge in [-0.3, -0.25) is 0 Å². The number of hydrogen-bond donors (Lipinski definition) is 1. The quantitative estimate of drug-likeness (QED) is 0.863. The number of aliphatic hydroxyl groups is 1. The number of rotatable bonds is 4. The van der Waals surface area contributed by atoms with E-state index in [2.05, 4.69) is 15.9 Å². The second-order valence-electron chi connectivity index (χ2n) is 4.37. The number of aliphatic hydroxyl groups excluding tert-OH is 1. The Morgan fingerprint density at radius 1 is 1.16 bits per heavy atom. The summed E-state index contributed by atoms with van der Waals surface area (Å²) >= 11 is 9.39. The highest BCUT2D eigenvalue weighted by molar-refractivity contribution is 9.10. The molecule has 0 aliphatic carbocycles. The van der Waals surface area contributed by atoms with Crippen LogP contribution in [-0.2, 0) is 6.42 Å². The van der Waals surface area contributed by atoms with Crippen LogP contribution in [-0.4, -0.2) is 11.7 Å². The van der Waals surface area contributed by atoms with E-state index < -0.39 is 0 Å². The van der Waals surface area contributed by atoms with Gasteiger partial charge in [0, 0.05) is 15.4 Å². The van der Waals surface area contributed by atoms with E-state index in [1.54, 1.807) is 6.07 Å². The van der Waals surface area contributed by atoms with Gasteiger partial charge in [-0.2, -0.15) is 0 Å². The fraction of sp³-hybridized carbons (Fsp3) is 0.200. The minimum atomic E-state index is -0.349. The van der Waals surface area contributed by atoms with Gasteiger partial charge in [0.15, 0.2) is 0 Å². The molecule has 1 N–H and O–H groups in total. The average molecular weight is 344 g/mol. The van der Waals surface area contributed by atoms with Gasteiger partial charge in [0.05, 0.1) is 6.61 Å². The van der Waals surface area contributed by atoms with Gasteiger partial charge >= 0.3 is 0 Å². The Morgan fingerprint density at radius 2 is 1.84 bits per heavy atom. The van der Waals surface area contributed by atoms with Crippen molar-refractivity contribution in [3.8, 4) is 0 Å². The van der Waals surface area contributed by atoms with E-state index in [0.717, 1.165) is 15.6 Å². The predicted molar refractivity (Wildman–Crippen MR) is 79.1 cm³/mol. The lowest BCUT2D eigenvalue weighted by Gasteiger charge is -2.15. The van der Waals surface area contributed by atoms with Crippen LogP contribution in [0.15, 0.2) is 46.9 Å². The summed E-state index contributed by atoms with van der Waals surface area (Å²) in [6, 6.07) is 12.1. The maximum Gasteiger partial charge on any atom is 0.124 e. The van der Waals surface area contributed by atoms with E-state index in [4.69, 9.17) is 11.6 Å². The molecule has 1 atom stereocenters. The van der Waals surface area contributed by atoms with Crippen molar-refractivity contribution < 1.29 is 9.50 Å². The Hall–Kier alpha value is -0.900. The maximum atomic E-state index is 13.0. The number of benzene rings is 2. The summed E-state index contributed by atoms with van der Waals surface area (Å²) in [5.41, 5.74) is 1.87. The van der Waals surface area contributed by atoms with E-state index >= 15 is 0 Å². The summed E-state index contributed by atoms with van der Waals surface area (Å²) in [6.07, 6.45) is 0.581. The first kappa shape index (κ1) is 14.5. The molecule has 0 heterocycles. The monoisotopic (exact) mass is 342 g/mol. The van der Waals surface area contributed by atoms with Gasteiger partial charge in [-0.15, -0.1) is 0 Å². The van der Waals surface area contributed by atoms with Gasteiger partial charge in [-0.25, -0.2) is 4.39 Å². The Bertz CT molecular complexity index is 557. The lowest BCUT2D eigenvalue weighted by atomic mass is 9.93. The molecule has 0 saturated carbocycles. The van der Waals surface area contributed by atoms with Crippen LogP contribution in [0.5, 0.6) is 0 Å². The lowest BCUT2D eigenvalue weighted by molar-refractivity contribution is 0.264. The van der Waals surface area contributed by atoms with Crippen LogP contribution in [0.1, 0.15) is 17.0 Å². The molecular weight excluding hydrogens is 331 g/mol. The predicted octanol–water partition coefficient (Wildman–Crippen LogP) is 4.56. The third kappa shape index (κ3) is 3.78. The van der Waals surface area contributed by atoms with Crippen molar-refractivity contribution in [3.63, 3.8) is 0 Å². The first-order chi connectivity index (χ1) is 9.10. The summed E-state index contributed by atoms with van der Waals surface area (Å²) in [5, 5.41) is 9.93. The smallest absolute Gasteiger partial charge is 0.124 e. The Morgan fingerprint density at radius 3 is 2.42 bits per heavy atom. The van der Waals surface area contributed by atoms with Crippen LogP contribution < -0.4 is 0 Å². The van der Waals surface area contributed by atoms with Crippen LogP contribution in [0, 0.1) is 5.82 Å². The van der Waals surface area contributed by atoms with Crippen molar-refractivity contribution in [3.05, 3.63) is 68.9 Å². The normalized spacial score (nSPS) is 12.4. The third-order valence-corrected chi connectivity index (χ3v) is 3.92. The minimum absolute atomic E-state index is 0.0232. The summed E-state index contributed by atoms with van der Waals surface area (Å²) in [4.78, 5) is 0. The van der Waals surface area contributed by atoms with Gasteiger partial charge < -0.3 is 5.11 Å². The maximum absolute atomic E-state index is 13.0. The minimum Gasteiger partial charge on any atom is -0.396 e. The van der Waals surface area contributed by atoms with E-state index in [9.17, 15) is 9.50 Å². The van der Waals surface area contributed by atoms with Crippen molar-refractivity contribution in [2.75, 3.05) is 6.61 Å². The highest BCUT2D eigenvalue weighted by Crippen LogP contribution is 2.26. The zero-order chi connectivity index (χ0) is 13.8. The largest absolute Gasteiger partial charge is 0.396 e. The number of hydrogen-bond acceptors (Lipinski definition) is 1. The second kappa shape index (κ2) is 6.51. The zero-order valence-electron chi connectivity index (χ0n) is 10.1. The Balaban J connectivity index is 2.21. The van der Waals surface area contributed by atoms with E-state index in [1.165, 1.54) is 12.1 Å². The van der Waals surface area contributed by atoms with Crippen molar-refractivity contribution in [1.82, 2.24) is 0 Å². The standard InChI is InChI=1S/C15H13BrClFO/c16-13-4-1-10(2-5-13)12(9-19)7-11-3-6-14(18)8-15(11)17/h1-6,8,12,19H,7,9H2. The molecule has 2 aromatic carbocycles. The molecule has 0 aliphatic heterocycles. The first-order valence-corrected chi connectivity index (χ1v) is 7.07. The molecular formula is C15H13BrClFO. The molecule has 0 amide bonds. The number of halogens is 3. The molecule has 1 unspecified atom stereocenters. The fourth-order valence-corrected chi connectivity index (χ4v) is 2.48. The van der Waals surface area contributed by atoms with E-state index in [-0.39, 0.29) is 18.3 Å². The summed E-state index contributed by atoms with van der Waals surface area (Å²) in [7, 11) is 0. The molecule has 19 heavy (non-hydrogen) atoms. The van der Waals surface area contributed by atoms with E-state index in [0.29, 0.717) is 11.4 Å². The van der Waals surface area contributed by atoms with Gasteiger partial charge in [0.25, 0.3) is 0 Å². The highest BCUT2D eigenvalue weighted by atomic mass is 79.9. The van der Waals surface area contributed by atoms with Crippen molar-refractivity contribution >= 4 is 27.5 Å². The topological polar surface area (TPSA) is 20.2 Å². The zero-order valence-corrected chi connectivity index (χ0v) is 12.5. The Kier molecular flexibility index (Phi) is 4.97. The molecule has 2 rings (SSSR count). The molecule has 0 fully saturated rings. The lowest BCUT2D eigenvalue weighted by Crippen LogP contribution is -2.08. The fourth-order valence-electron chi connectivity index (χ4n) is 1.98. The molecule has 0 bridgehead atoms. The average Bonchev–Trinajstić information content (AvgIpc) is 2.39. The van der Waals surface area contributed by atoms with Crippen LogP contribution in [0.25, 0.3) is 0 Å². The molecule has 2 aromatic rings. The molecule has 0 radical (unpaired) electrons. The molecule has 0 aromatic heterocycles. The van der Waals surface area contributed by atoms with Gasteiger partial charge in [-0.05, 0) is 41.8 Å². The Labute approximate surface area is 125 Å². The molecule has 0 spiro atoms. The first-order valence-electron chi connectivity index (χ1n) is 5.90. The van der Waals surface area contributed by atoms with Crippen LogP contribution in [0.3, 0.4) is 0 Å². The van der Waals surface area contributed by atoms with Gasteiger partial charge in [0.2, 0.25) is 0 Å². The summed E-state index contributed by atoms with van der Waals surface area (Å²) < 4.78 is 14.0. The van der Waals surface area contributed by atoms with Crippen LogP contribution >= 0.6 is 27.5 Å². The molecule has 0 aliphatic rings. The van der Waals surface area contributed by atoms with Crippen LogP contribution in [0.2, 0.25) is 5.02 Å². The SMILES string of the molecule is OCC(Cc1ccc(F)cc1Cl)c1ccc(Br)cc1. The van der Waals surface area contributed by atoms with E-state index in [1.807, 2.05) is 24.3 Å². The molecule has 100 valence electrons. The molecule has 0 saturated heterocycles. The molecule has 4 heteroatoms. The summed E-state index contributed by atoms with van der Waals surface area (Å²) in [6.45, 7) is 0.0232. The third-order valence-electron chi connectivity index (χ3n) is 3.04. The van der Waals surface area contributed by atoms with Crippen molar-refractivity contribution in [1.29, 1.82) is 0 Å².